The number of carbonyl (C=O) groups is 2. The van der Waals surface area contributed by atoms with Crippen molar-refractivity contribution in [2.75, 3.05) is 18.4 Å². The quantitative estimate of drug-likeness (QED) is 0.594. The van der Waals surface area contributed by atoms with Crippen LogP contribution >= 0.6 is 0 Å². The molecule has 1 aromatic heterocycles. The van der Waals surface area contributed by atoms with Crippen molar-refractivity contribution in [1.29, 1.82) is 0 Å². The highest BCUT2D eigenvalue weighted by molar-refractivity contribution is 6.05. The predicted octanol–water partition coefficient (Wildman–Crippen LogP) is 4.18. The number of halogens is 1. The first-order valence-electron chi connectivity index (χ1n) is 11.2. The summed E-state index contributed by atoms with van der Waals surface area (Å²) in [6.45, 7) is 5.80. The van der Waals surface area contributed by atoms with Crippen LogP contribution in [0.5, 0.6) is 0 Å². The lowest BCUT2D eigenvalue weighted by molar-refractivity contribution is -0.123. The van der Waals surface area contributed by atoms with E-state index < -0.39 is 0 Å². The highest BCUT2D eigenvalue weighted by Crippen LogP contribution is 2.26. The highest BCUT2D eigenvalue weighted by Gasteiger charge is 2.25. The predicted molar refractivity (Wildman–Crippen MR) is 127 cm³/mol. The molecule has 1 unspecified atom stereocenters. The van der Waals surface area contributed by atoms with E-state index in [-0.39, 0.29) is 23.5 Å². The number of piperidine rings is 1. The summed E-state index contributed by atoms with van der Waals surface area (Å²) in [5.74, 6) is -0.977. The number of hydrogen-bond acceptors (Lipinski definition) is 3. The monoisotopic (exact) mass is 448 g/mol. The van der Waals surface area contributed by atoms with Crippen LogP contribution in [0.15, 0.2) is 54.6 Å². The molecule has 6 nitrogen and oxygen atoms in total. The van der Waals surface area contributed by atoms with Gasteiger partial charge in [-0.3, -0.25) is 14.5 Å². The fourth-order valence-electron chi connectivity index (χ4n) is 4.64. The molecule has 0 bridgehead atoms. The van der Waals surface area contributed by atoms with E-state index in [1.807, 2.05) is 38.1 Å². The summed E-state index contributed by atoms with van der Waals surface area (Å²) < 4.78 is 16.1. The van der Waals surface area contributed by atoms with Gasteiger partial charge in [0.1, 0.15) is 5.82 Å². The van der Waals surface area contributed by atoms with Crippen molar-refractivity contribution in [3.63, 3.8) is 0 Å². The second-order valence-corrected chi connectivity index (χ2v) is 8.66. The molecule has 172 valence electrons. The molecule has 0 radical (unpaired) electrons. The molecule has 7 heteroatoms. The summed E-state index contributed by atoms with van der Waals surface area (Å²) in [5.41, 5.74) is 9.58. The fourth-order valence-corrected chi connectivity index (χ4v) is 4.64. The standard InChI is InChI=1S/C26H29FN4O2/c1-17-14-21(18(2)31(17)24-12-6-4-10-22(24)27)26(33)29-23-11-5-3-8-19(23)15-30-13-7-9-20(16-30)25(28)32/h3-6,8,10-12,14,20H,7,9,13,15-16H2,1-2H3,(H2,28,32)(H,29,33). The summed E-state index contributed by atoms with van der Waals surface area (Å²) in [7, 11) is 0. The number of nitrogens with two attached hydrogens (primary N) is 1. The third-order valence-electron chi connectivity index (χ3n) is 6.34. The molecule has 3 aromatic rings. The number of carbonyl (C=O) groups excluding carboxylic acids is 2. The number of likely N-dealkylation sites (tertiary alicyclic amines) is 1. The molecule has 33 heavy (non-hydrogen) atoms. The van der Waals surface area contributed by atoms with Crippen molar-refractivity contribution >= 4 is 17.5 Å². The van der Waals surface area contributed by atoms with Gasteiger partial charge in [0.15, 0.2) is 0 Å². The summed E-state index contributed by atoms with van der Waals surface area (Å²) in [6, 6.07) is 16.0. The molecule has 1 saturated heterocycles. The highest BCUT2D eigenvalue weighted by atomic mass is 19.1. The summed E-state index contributed by atoms with van der Waals surface area (Å²) in [6.07, 6.45) is 1.74. The average Bonchev–Trinajstić information content (AvgIpc) is 3.09. The van der Waals surface area contributed by atoms with E-state index in [0.29, 0.717) is 30.0 Å². The number of primary amides is 1. The van der Waals surface area contributed by atoms with Crippen molar-refractivity contribution in [2.24, 2.45) is 11.7 Å². The zero-order valence-corrected chi connectivity index (χ0v) is 19.0. The van der Waals surface area contributed by atoms with Crippen molar-refractivity contribution in [1.82, 2.24) is 9.47 Å². The van der Waals surface area contributed by atoms with Gasteiger partial charge in [-0.05, 0) is 63.1 Å². The summed E-state index contributed by atoms with van der Waals surface area (Å²) in [5, 5.41) is 3.03. The fraction of sp³-hybridized carbons (Fsp3) is 0.308. The number of rotatable bonds is 6. The van der Waals surface area contributed by atoms with Crippen LogP contribution in [0.25, 0.3) is 5.69 Å². The lowest BCUT2D eigenvalue weighted by Crippen LogP contribution is -2.40. The van der Waals surface area contributed by atoms with E-state index in [4.69, 9.17) is 5.73 Å². The normalized spacial score (nSPS) is 16.5. The minimum atomic E-state index is -0.340. The Morgan fingerprint density at radius 3 is 2.61 bits per heavy atom. The molecule has 2 aromatic carbocycles. The first kappa shape index (κ1) is 22.7. The first-order chi connectivity index (χ1) is 15.8. The lowest BCUT2D eigenvalue weighted by Gasteiger charge is -2.31. The zero-order valence-electron chi connectivity index (χ0n) is 19.0. The zero-order chi connectivity index (χ0) is 23.5. The van der Waals surface area contributed by atoms with Crippen LogP contribution < -0.4 is 11.1 Å². The lowest BCUT2D eigenvalue weighted by atomic mass is 9.97. The topological polar surface area (TPSA) is 80.4 Å². The molecule has 3 N–H and O–H groups in total. The maximum Gasteiger partial charge on any atom is 0.257 e. The van der Waals surface area contributed by atoms with Gasteiger partial charge in [-0.1, -0.05) is 30.3 Å². The molecule has 0 saturated carbocycles. The van der Waals surface area contributed by atoms with E-state index in [2.05, 4.69) is 10.2 Å². The van der Waals surface area contributed by atoms with Crippen molar-refractivity contribution in [3.05, 3.63) is 82.9 Å². The van der Waals surface area contributed by atoms with Crippen LogP contribution in [0.3, 0.4) is 0 Å². The van der Waals surface area contributed by atoms with Crippen LogP contribution in [0, 0.1) is 25.6 Å². The summed E-state index contributed by atoms with van der Waals surface area (Å²) in [4.78, 5) is 27.0. The van der Waals surface area contributed by atoms with Gasteiger partial charge in [0, 0.05) is 30.2 Å². The maximum absolute atomic E-state index is 14.4. The Hall–Kier alpha value is -3.45. The molecule has 4 rings (SSSR count). The van der Waals surface area contributed by atoms with Gasteiger partial charge in [0.2, 0.25) is 5.91 Å². The average molecular weight is 449 g/mol. The Kier molecular flexibility index (Phi) is 6.60. The van der Waals surface area contributed by atoms with Crippen LogP contribution in [0.1, 0.15) is 40.2 Å². The van der Waals surface area contributed by atoms with E-state index in [9.17, 15) is 14.0 Å². The first-order valence-corrected chi connectivity index (χ1v) is 11.2. The van der Waals surface area contributed by atoms with Crippen molar-refractivity contribution in [3.8, 4) is 5.69 Å². The van der Waals surface area contributed by atoms with Crippen molar-refractivity contribution < 1.29 is 14.0 Å². The van der Waals surface area contributed by atoms with E-state index in [1.54, 1.807) is 28.8 Å². The molecule has 1 fully saturated rings. The Balaban J connectivity index is 1.55. The van der Waals surface area contributed by atoms with Crippen molar-refractivity contribution in [2.45, 2.75) is 33.2 Å². The van der Waals surface area contributed by atoms with Crippen LogP contribution in [-0.2, 0) is 11.3 Å². The number of para-hydroxylation sites is 2. The second kappa shape index (κ2) is 9.58. The second-order valence-electron chi connectivity index (χ2n) is 8.66. The van der Waals surface area contributed by atoms with Crippen LogP contribution in [-0.4, -0.2) is 34.4 Å². The molecule has 1 aliphatic heterocycles. The van der Waals surface area contributed by atoms with Crippen LogP contribution in [0.4, 0.5) is 10.1 Å². The molecular formula is C26H29FN4O2. The van der Waals surface area contributed by atoms with E-state index >= 15 is 0 Å². The molecule has 2 heterocycles. The van der Waals surface area contributed by atoms with Gasteiger partial charge in [-0.15, -0.1) is 0 Å². The van der Waals surface area contributed by atoms with Gasteiger partial charge in [-0.2, -0.15) is 0 Å². The molecule has 0 spiro atoms. The van der Waals surface area contributed by atoms with E-state index in [0.717, 1.165) is 36.3 Å². The molecule has 1 aliphatic rings. The van der Waals surface area contributed by atoms with Gasteiger partial charge in [0.25, 0.3) is 5.91 Å². The SMILES string of the molecule is Cc1cc(C(=O)Nc2ccccc2CN2CCCC(C(N)=O)C2)c(C)n1-c1ccccc1F. The smallest absolute Gasteiger partial charge is 0.257 e. The third-order valence-corrected chi connectivity index (χ3v) is 6.34. The minimum absolute atomic E-state index is 0.135. The van der Waals surface area contributed by atoms with E-state index in [1.165, 1.54) is 6.07 Å². The van der Waals surface area contributed by atoms with Gasteiger partial charge >= 0.3 is 0 Å². The van der Waals surface area contributed by atoms with Crippen LogP contribution in [0.2, 0.25) is 0 Å². The third kappa shape index (κ3) is 4.83. The van der Waals surface area contributed by atoms with Gasteiger partial charge in [0.05, 0.1) is 17.2 Å². The minimum Gasteiger partial charge on any atom is -0.369 e. The number of hydrogen-bond donors (Lipinski definition) is 2. The molecular weight excluding hydrogens is 419 g/mol. The number of amides is 2. The Morgan fingerprint density at radius 1 is 1.12 bits per heavy atom. The number of nitrogens with zero attached hydrogens (tertiary/aromatic N) is 2. The number of nitrogens with one attached hydrogen (secondary N) is 1. The largest absolute Gasteiger partial charge is 0.369 e. The summed E-state index contributed by atoms with van der Waals surface area (Å²) >= 11 is 0. The maximum atomic E-state index is 14.4. The number of aromatic nitrogens is 1. The Morgan fingerprint density at radius 2 is 1.85 bits per heavy atom. The Bertz CT molecular complexity index is 1190. The molecule has 0 aliphatic carbocycles. The number of anilines is 1. The van der Waals surface area contributed by atoms with Gasteiger partial charge < -0.3 is 15.6 Å². The number of aryl methyl sites for hydroxylation is 1. The molecule has 1 atom stereocenters. The van der Waals surface area contributed by atoms with Gasteiger partial charge in [-0.25, -0.2) is 4.39 Å². The Labute approximate surface area is 193 Å². The molecule has 2 amide bonds. The number of benzene rings is 2.